The van der Waals surface area contributed by atoms with Crippen LogP contribution in [0.25, 0.3) is 0 Å². The van der Waals surface area contributed by atoms with Gasteiger partial charge in [0.15, 0.2) is 0 Å². The van der Waals surface area contributed by atoms with Gasteiger partial charge in [-0.05, 0) is 24.5 Å². The first-order valence-electron chi connectivity index (χ1n) is 4.39. The first-order chi connectivity index (χ1) is 7.85. The molecule has 0 unspecified atom stereocenters. The van der Waals surface area contributed by atoms with Crippen LogP contribution in [0.3, 0.4) is 0 Å². The molecule has 1 aromatic carbocycles. The maximum Gasteiger partial charge on any atom is 0.573 e. The van der Waals surface area contributed by atoms with E-state index in [0.29, 0.717) is 4.90 Å². The maximum atomic E-state index is 12.0. The first kappa shape index (κ1) is 13.7. The number of benzene rings is 1. The van der Waals surface area contributed by atoms with Gasteiger partial charge in [0.1, 0.15) is 5.75 Å². The average Bonchev–Trinajstić information content (AvgIpc) is 2.25. The van der Waals surface area contributed by atoms with E-state index in [1.807, 2.05) is 0 Å². The fraction of sp³-hybridized carbons (Fsp3) is 0.300. The van der Waals surface area contributed by atoms with E-state index < -0.39 is 18.1 Å². The van der Waals surface area contributed by atoms with Crippen LogP contribution in [-0.2, 0) is 4.74 Å². The Kier molecular flexibility index (Phi) is 4.28. The molecule has 0 heterocycles. The van der Waals surface area contributed by atoms with Gasteiger partial charge in [0.2, 0.25) is 0 Å². The number of hydrogen-bond donors (Lipinski definition) is 0. The number of halogens is 3. The Hall–Kier alpha value is -1.37. The molecule has 0 amide bonds. The van der Waals surface area contributed by atoms with Crippen LogP contribution in [0.4, 0.5) is 13.2 Å². The lowest BCUT2D eigenvalue weighted by atomic mass is 10.2. The molecule has 0 saturated carbocycles. The van der Waals surface area contributed by atoms with E-state index in [-0.39, 0.29) is 5.56 Å². The number of alkyl halides is 3. The molecule has 3 nitrogen and oxygen atoms in total. The van der Waals surface area contributed by atoms with Crippen molar-refractivity contribution in [3.63, 3.8) is 0 Å². The van der Waals surface area contributed by atoms with E-state index in [1.165, 1.54) is 23.9 Å². The van der Waals surface area contributed by atoms with E-state index >= 15 is 0 Å². The molecule has 0 aliphatic heterocycles. The zero-order valence-electron chi connectivity index (χ0n) is 9.00. The minimum absolute atomic E-state index is 0.0126. The van der Waals surface area contributed by atoms with Gasteiger partial charge < -0.3 is 9.47 Å². The monoisotopic (exact) mass is 266 g/mol. The lowest BCUT2D eigenvalue weighted by Crippen LogP contribution is -2.17. The summed E-state index contributed by atoms with van der Waals surface area (Å²) in [5.74, 6) is -1.15. The topological polar surface area (TPSA) is 35.5 Å². The summed E-state index contributed by atoms with van der Waals surface area (Å²) < 4.78 is 44.3. The van der Waals surface area contributed by atoms with Crippen LogP contribution in [0.2, 0.25) is 0 Å². The van der Waals surface area contributed by atoms with E-state index in [4.69, 9.17) is 0 Å². The highest BCUT2D eigenvalue weighted by molar-refractivity contribution is 7.98. The standard InChI is InChI=1S/C10H9F3O3S/c1-15-9(14)6-3-7(16-10(11,12)13)5-8(4-6)17-2/h3-5H,1-2H3. The number of ether oxygens (including phenoxy) is 2. The molecule has 0 aliphatic rings. The molecular weight excluding hydrogens is 257 g/mol. The molecule has 0 N–H and O–H groups in total. The number of esters is 1. The fourth-order valence-electron chi connectivity index (χ4n) is 1.12. The van der Waals surface area contributed by atoms with Gasteiger partial charge in [0, 0.05) is 4.90 Å². The molecule has 0 aliphatic carbocycles. The van der Waals surface area contributed by atoms with E-state index in [2.05, 4.69) is 9.47 Å². The Labute approximate surface area is 99.9 Å². The van der Waals surface area contributed by atoms with Crippen molar-refractivity contribution < 1.29 is 27.4 Å². The summed E-state index contributed by atoms with van der Waals surface area (Å²) in [7, 11) is 1.15. The van der Waals surface area contributed by atoms with Crippen molar-refractivity contribution in [1.82, 2.24) is 0 Å². The highest BCUT2D eigenvalue weighted by atomic mass is 32.2. The summed E-state index contributed by atoms with van der Waals surface area (Å²) in [5.41, 5.74) is 0.0126. The molecular formula is C10H9F3O3S. The fourth-order valence-corrected chi connectivity index (χ4v) is 1.60. The molecule has 1 rings (SSSR count). The van der Waals surface area contributed by atoms with Gasteiger partial charge in [0.05, 0.1) is 12.7 Å². The Morgan fingerprint density at radius 2 is 1.94 bits per heavy atom. The van der Waals surface area contributed by atoms with Crippen LogP contribution in [-0.4, -0.2) is 25.7 Å². The summed E-state index contributed by atoms with van der Waals surface area (Å²) in [4.78, 5) is 11.7. The highest BCUT2D eigenvalue weighted by Gasteiger charge is 2.31. The maximum absolute atomic E-state index is 12.0. The Morgan fingerprint density at radius 3 is 2.41 bits per heavy atom. The second kappa shape index (κ2) is 5.31. The van der Waals surface area contributed by atoms with Gasteiger partial charge in [-0.3, -0.25) is 0 Å². The molecule has 1 aromatic rings. The molecule has 0 spiro atoms. The number of hydrogen-bond acceptors (Lipinski definition) is 4. The van der Waals surface area contributed by atoms with Crippen molar-refractivity contribution in [2.45, 2.75) is 11.3 Å². The van der Waals surface area contributed by atoms with Gasteiger partial charge >= 0.3 is 12.3 Å². The van der Waals surface area contributed by atoms with Crippen LogP contribution in [0.1, 0.15) is 10.4 Å². The zero-order valence-corrected chi connectivity index (χ0v) is 9.82. The van der Waals surface area contributed by atoms with Crippen LogP contribution >= 0.6 is 11.8 Å². The molecule has 0 atom stereocenters. The number of carbonyl (C=O) groups is 1. The first-order valence-corrected chi connectivity index (χ1v) is 5.61. The molecule has 0 saturated heterocycles. The van der Waals surface area contributed by atoms with E-state index in [1.54, 1.807) is 6.26 Å². The van der Waals surface area contributed by atoms with Gasteiger partial charge in [-0.2, -0.15) is 0 Å². The Bertz CT molecular complexity index is 418. The van der Waals surface area contributed by atoms with Gasteiger partial charge in [-0.1, -0.05) is 0 Å². The van der Waals surface area contributed by atoms with Gasteiger partial charge in [-0.25, -0.2) is 4.79 Å². The lowest BCUT2D eigenvalue weighted by Gasteiger charge is -2.11. The predicted molar refractivity (Wildman–Crippen MR) is 56.2 cm³/mol. The molecule has 0 fully saturated rings. The normalized spacial score (nSPS) is 11.1. The van der Waals surface area contributed by atoms with Crippen molar-refractivity contribution >= 4 is 17.7 Å². The Balaban J connectivity index is 3.09. The molecule has 94 valence electrons. The van der Waals surface area contributed by atoms with Crippen LogP contribution in [0, 0.1) is 0 Å². The van der Waals surface area contributed by atoms with E-state index in [9.17, 15) is 18.0 Å². The summed E-state index contributed by atoms with van der Waals surface area (Å²) in [6.07, 6.45) is -3.11. The summed E-state index contributed by atoms with van der Waals surface area (Å²) in [6, 6.07) is 3.61. The molecule has 7 heteroatoms. The molecule has 0 aromatic heterocycles. The number of methoxy groups -OCH3 is 1. The second-order valence-corrected chi connectivity index (χ2v) is 3.82. The number of carbonyl (C=O) groups excluding carboxylic acids is 1. The minimum atomic E-state index is -4.79. The van der Waals surface area contributed by atoms with Crippen molar-refractivity contribution in [1.29, 1.82) is 0 Å². The van der Waals surface area contributed by atoms with Crippen molar-refractivity contribution in [3.8, 4) is 5.75 Å². The predicted octanol–water partition coefficient (Wildman–Crippen LogP) is 3.09. The molecule has 0 bridgehead atoms. The van der Waals surface area contributed by atoms with Gasteiger partial charge in [-0.15, -0.1) is 24.9 Å². The second-order valence-electron chi connectivity index (χ2n) is 2.94. The molecule has 0 radical (unpaired) electrons. The quantitative estimate of drug-likeness (QED) is 0.622. The zero-order chi connectivity index (χ0) is 13.1. The number of thioether (sulfide) groups is 1. The third kappa shape index (κ3) is 4.18. The summed E-state index contributed by atoms with van der Waals surface area (Å²) >= 11 is 1.20. The van der Waals surface area contributed by atoms with Crippen LogP contribution in [0.15, 0.2) is 23.1 Å². The minimum Gasteiger partial charge on any atom is -0.465 e. The lowest BCUT2D eigenvalue weighted by molar-refractivity contribution is -0.274. The third-order valence-corrected chi connectivity index (χ3v) is 2.48. The Morgan fingerprint density at radius 1 is 1.29 bits per heavy atom. The average molecular weight is 266 g/mol. The van der Waals surface area contributed by atoms with Crippen molar-refractivity contribution in [2.24, 2.45) is 0 Å². The molecule has 17 heavy (non-hydrogen) atoms. The number of rotatable bonds is 3. The summed E-state index contributed by atoms with van der Waals surface area (Å²) in [5, 5.41) is 0. The highest BCUT2D eigenvalue weighted by Crippen LogP contribution is 2.28. The summed E-state index contributed by atoms with van der Waals surface area (Å²) in [6.45, 7) is 0. The smallest absolute Gasteiger partial charge is 0.465 e. The third-order valence-electron chi connectivity index (χ3n) is 1.77. The largest absolute Gasteiger partial charge is 0.573 e. The van der Waals surface area contributed by atoms with Crippen molar-refractivity contribution in [2.75, 3.05) is 13.4 Å². The van der Waals surface area contributed by atoms with Crippen LogP contribution < -0.4 is 4.74 Å². The van der Waals surface area contributed by atoms with Crippen molar-refractivity contribution in [3.05, 3.63) is 23.8 Å². The van der Waals surface area contributed by atoms with Gasteiger partial charge in [0.25, 0.3) is 0 Å². The SMILES string of the molecule is COC(=O)c1cc(OC(F)(F)F)cc(SC)c1. The van der Waals surface area contributed by atoms with Crippen LogP contribution in [0.5, 0.6) is 5.75 Å². The van der Waals surface area contributed by atoms with E-state index in [0.717, 1.165) is 13.2 Å².